The molecule has 10 heteroatoms. The summed E-state index contributed by atoms with van der Waals surface area (Å²) in [4.78, 5) is 15.1. The number of aromatic nitrogens is 2. The highest BCUT2D eigenvalue weighted by Gasteiger charge is 2.38. The van der Waals surface area contributed by atoms with E-state index in [-0.39, 0.29) is 30.8 Å². The third-order valence-electron chi connectivity index (χ3n) is 3.10. The van der Waals surface area contributed by atoms with Crippen LogP contribution in [0, 0.1) is 0 Å². The molecule has 0 saturated heterocycles. The lowest BCUT2D eigenvalue weighted by Gasteiger charge is -2.12. The van der Waals surface area contributed by atoms with E-state index in [0.717, 1.165) is 0 Å². The van der Waals surface area contributed by atoms with Crippen LogP contribution in [0.25, 0.3) is 11.4 Å². The number of rotatable bonds is 6. The lowest BCUT2D eigenvalue weighted by molar-refractivity contribution is -0.159. The van der Waals surface area contributed by atoms with E-state index in [1.165, 1.54) is 31.4 Å². The zero-order valence-electron chi connectivity index (χ0n) is 12.6. The fourth-order valence-corrected chi connectivity index (χ4v) is 1.84. The average molecular weight is 344 g/mol. The Kier molecular flexibility index (Phi) is 5.52. The predicted molar refractivity (Wildman–Crippen MR) is 77.8 cm³/mol. The lowest BCUT2D eigenvalue weighted by Crippen LogP contribution is -2.28. The van der Waals surface area contributed by atoms with Crippen LogP contribution in [0.4, 0.5) is 18.9 Å². The zero-order valence-corrected chi connectivity index (χ0v) is 12.6. The first-order valence-corrected chi connectivity index (χ1v) is 6.87. The van der Waals surface area contributed by atoms with Crippen molar-refractivity contribution >= 4 is 11.6 Å². The SMILES string of the molecule is COC(CN)CC(=O)Nc1ccc(-c2noc(C(F)(F)F)n2)cc1. The van der Waals surface area contributed by atoms with Crippen LogP contribution in [-0.4, -0.2) is 35.8 Å². The number of carbonyl (C=O) groups excluding carboxylic acids is 1. The van der Waals surface area contributed by atoms with E-state index in [0.29, 0.717) is 11.3 Å². The molecule has 0 radical (unpaired) electrons. The lowest BCUT2D eigenvalue weighted by atomic mass is 10.2. The van der Waals surface area contributed by atoms with Gasteiger partial charge in [-0.25, -0.2) is 0 Å². The van der Waals surface area contributed by atoms with Crippen LogP contribution in [0.5, 0.6) is 0 Å². The molecule has 2 rings (SSSR count). The van der Waals surface area contributed by atoms with Gasteiger partial charge < -0.3 is 20.3 Å². The third kappa shape index (κ3) is 4.52. The van der Waals surface area contributed by atoms with Crippen molar-refractivity contribution in [3.05, 3.63) is 30.2 Å². The number of hydrogen-bond donors (Lipinski definition) is 2. The maximum atomic E-state index is 12.4. The molecule has 24 heavy (non-hydrogen) atoms. The van der Waals surface area contributed by atoms with Crippen molar-refractivity contribution in [1.29, 1.82) is 0 Å². The molecule has 0 bridgehead atoms. The fourth-order valence-electron chi connectivity index (χ4n) is 1.84. The van der Waals surface area contributed by atoms with E-state index < -0.39 is 12.1 Å². The minimum absolute atomic E-state index is 0.0918. The van der Waals surface area contributed by atoms with Crippen LogP contribution >= 0.6 is 0 Å². The summed E-state index contributed by atoms with van der Waals surface area (Å²) < 4.78 is 46.4. The first-order chi connectivity index (χ1) is 11.3. The fraction of sp³-hybridized carbons (Fsp3) is 0.357. The van der Waals surface area contributed by atoms with Crippen molar-refractivity contribution in [2.24, 2.45) is 5.73 Å². The van der Waals surface area contributed by atoms with E-state index in [1.54, 1.807) is 0 Å². The summed E-state index contributed by atoms with van der Waals surface area (Å²) in [5.74, 6) is -1.90. The summed E-state index contributed by atoms with van der Waals surface area (Å²) >= 11 is 0. The molecule has 7 nitrogen and oxygen atoms in total. The Morgan fingerprint density at radius 1 is 1.38 bits per heavy atom. The molecule has 1 aromatic carbocycles. The summed E-state index contributed by atoms with van der Waals surface area (Å²) in [6, 6.07) is 5.97. The zero-order chi connectivity index (χ0) is 17.7. The Hall–Kier alpha value is -2.46. The molecule has 0 aliphatic rings. The number of halogens is 3. The van der Waals surface area contributed by atoms with Gasteiger partial charge in [0.05, 0.1) is 12.5 Å². The molecular formula is C14H15F3N4O3. The molecule has 1 amide bonds. The second kappa shape index (κ2) is 7.41. The minimum Gasteiger partial charge on any atom is -0.380 e. The number of nitrogens with zero attached hydrogens (tertiary/aromatic N) is 2. The second-order valence-corrected chi connectivity index (χ2v) is 4.84. The highest BCUT2D eigenvalue weighted by atomic mass is 19.4. The molecule has 0 fully saturated rings. The van der Waals surface area contributed by atoms with E-state index in [9.17, 15) is 18.0 Å². The Morgan fingerprint density at radius 2 is 2.04 bits per heavy atom. The summed E-state index contributed by atoms with van der Waals surface area (Å²) in [5.41, 5.74) is 6.22. The Bertz CT molecular complexity index is 681. The van der Waals surface area contributed by atoms with Gasteiger partial charge >= 0.3 is 12.1 Å². The maximum Gasteiger partial charge on any atom is 0.471 e. The van der Waals surface area contributed by atoms with Gasteiger partial charge in [0.25, 0.3) is 0 Å². The smallest absolute Gasteiger partial charge is 0.380 e. The number of nitrogens with two attached hydrogens (primary N) is 1. The van der Waals surface area contributed by atoms with Crippen LogP contribution in [0.1, 0.15) is 12.3 Å². The molecule has 0 aliphatic heterocycles. The van der Waals surface area contributed by atoms with E-state index in [4.69, 9.17) is 10.5 Å². The summed E-state index contributed by atoms with van der Waals surface area (Å²) in [6.45, 7) is 0.211. The van der Waals surface area contributed by atoms with Gasteiger partial charge in [-0.3, -0.25) is 4.79 Å². The monoisotopic (exact) mass is 344 g/mol. The molecule has 0 spiro atoms. The molecule has 2 aromatic rings. The normalized spacial score (nSPS) is 12.9. The van der Waals surface area contributed by atoms with Crippen LogP contribution < -0.4 is 11.1 Å². The van der Waals surface area contributed by atoms with Gasteiger partial charge in [0, 0.05) is 24.9 Å². The number of amides is 1. The average Bonchev–Trinajstić information content (AvgIpc) is 3.03. The number of anilines is 1. The van der Waals surface area contributed by atoms with Crippen LogP contribution in [0.3, 0.4) is 0 Å². The molecule has 0 aliphatic carbocycles. The quantitative estimate of drug-likeness (QED) is 0.831. The molecule has 130 valence electrons. The number of benzene rings is 1. The highest BCUT2D eigenvalue weighted by molar-refractivity contribution is 5.91. The number of hydrogen-bond acceptors (Lipinski definition) is 6. The van der Waals surface area contributed by atoms with Crippen molar-refractivity contribution in [2.45, 2.75) is 18.7 Å². The van der Waals surface area contributed by atoms with Crippen LogP contribution in [0.15, 0.2) is 28.8 Å². The van der Waals surface area contributed by atoms with Crippen molar-refractivity contribution < 1.29 is 27.2 Å². The Morgan fingerprint density at radius 3 is 2.54 bits per heavy atom. The van der Waals surface area contributed by atoms with Crippen molar-refractivity contribution in [3.63, 3.8) is 0 Å². The van der Waals surface area contributed by atoms with Crippen molar-refractivity contribution in [2.75, 3.05) is 19.0 Å². The third-order valence-corrected chi connectivity index (χ3v) is 3.10. The van der Waals surface area contributed by atoms with Gasteiger partial charge in [-0.1, -0.05) is 5.16 Å². The largest absolute Gasteiger partial charge is 0.471 e. The molecular weight excluding hydrogens is 329 g/mol. The number of carbonyl (C=O) groups is 1. The molecule has 0 saturated carbocycles. The van der Waals surface area contributed by atoms with E-state index >= 15 is 0 Å². The highest BCUT2D eigenvalue weighted by Crippen LogP contribution is 2.29. The van der Waals surface area contributed by atoms with Gasteiger partial charge in [-0.15, -0.1) is 0 Å². The van der Waals surface area contributed by atoms with Gasteiger partial charge in [-0.05, 0) is 24.3 Å². The Labute approximate surface area is 135 Å². The number of methoxy groups -OCH3 is 1. The van der Waals surface area contributed by atoms with E-state index in [1.807, 2.05) is 0 Å². The number of ether oxygens (including phenoxy) is 1. The molecule has 1 atom stereocenters. The minimum atomic E-state index is -4.69. The van der Waals surface area contributed by atoms with Crippen LogP contribution in [-0.2, 0) is 15.7 Å². The standard InChI is InChI=1S/C14H15F3N4O3/c1-23-10(7-18)6-11(22)19-9-4-2-8(3-5-9)12-20-13(24-21-12)14(15,16)17/h2-5,10H,6-7,18H2,1H3,(H,19,22). The first kappa shape index (κ1) is 17.9. The van der Waals surface area contributed by atoms with Crippen molar-refractivity contribution in [3.8, 4) is 11.4 Å². The van der Waals surface area contributed by atoms with Gasteiger partial charge in [0.2, 0.25) is 11.7 Å². The first-order valence-electron chi connectivity index (χ1n) is 6.87. The summed E-state index contributed by atoms with van der Waals surface area (Å²) in [7, 11) is 1.46. The second-order valence-electron chi connectivity index (χ2n) is 4.84. The molecule has 1 heterocycles. The van der Waals surface area contributed by atoms with Crippen LogP contribution in [0.2, 0.25) is 0 Å². The number of alkyl halides is 3. The predicted octanol–water partition coefficient (Wildman–Crippen LogP) is 2.06. The molecule has 1 aromatic heterocycles. The summed E-state index contributed by atoms with van der Waals surface area (Å²) in [5, 5.41) is 5.91. The van der Waals surface area contributed by atoms with Gasteiger partial charge in [-0.2, -0.15) is 18.2 Å². The summed E-state index contributed by atoms with van der Waals surface area (Å²) in [6.07, 6.45) is -4.99. The van der Waals surface area contributed by atoms with Gasteiger partial charge in [0.1, 0.15) is 0 Å². The number of nitrogens with one attached hydrogen (secondary N) is 1. The molecule has 1 unspecified atom stereocenters. The van der Waals surface area contributed by atoms with Gasteiger partial charge in [0.15, 0.2) is 0 Å². The molecule has 3 N–H and O–H groups in total. The van der Waals surface area contributed by atoms with E-state index in [2.05, 4.69) is 20.0 Å². The Balaban J connectivity index is 2.03. The topological polar surface area (TPSA) is 103 Å². The maximum absolute atomic E-state index is 12.4. The van der Waals surface area contributed by atoms with Crippen molar-refractivity contribution in [1.82, 2.24) is 10.1 Å².